The van der Waals surface area contributed by atoms with Crippen molar-refractivity contribution in [3.8, 4) is 22.6 Å². The molecule has 1 aliphatic rings. The maximum absolute atomic E-state index is 12.2. The number of likely N-dealkylation sites (N-methyl/N-ethyl adjacent to an activating group) is 1. The quantitative estimate of drug-likeness (QED) is 0.296. The number of carbonyl (C=O) groups excluding carboxylic acids is 1. The second kappa shape index (κ2) is 11.0. The zero-order chi connectivity index (χ0) is 26.6. The van der Waals surface area contributed by atoms with Gasteiger partial charge in [0.25, 0.3) is 0 Å². The Kier molecular flexibility index (Phi) is 7.39. The number of hydrogen-bond donors (Lipinski definition) is 2. The first kappa shape index (κ1) is 25.4. The molecule has 194 valence electrons. The monoisotopic (exact) mass is 530 g/mol. The maximum Gasteiger partial charge on any atom is 0.247 e. The number of nitrogens with one attached hydrogen (secondary N) is 2. The van der Waals surface area contributed by atoms with Crippen molar-refractivity contribution in [2.45, 2.75) is 12.5 Å². The minimum Gasteiger partial charge on any atom is -0.494 e. The minimum absolute atomic E-state index is 0.00382. The summed E-state index contributed by atoms with van der Waals surface area (Å²) in [4.78, 5) is 28.0. The number of halogens is 1. The Bertz CT molecular complexity index is 1510. The molecule has 1 atom stereocenters. The highest BCUT2D eigenvalue weighted by molar-refractivity contribution is 6.30. The largest absolute Gasteiger partial charge is 0.494 e. The van der Waals surface area contributed by atoms with E-state index in [1.54, 1.807) is 31.6 Å². The van der Waals surface area contributed by atoms with Crippen LogP contribution >= 0.6 is 11.6 Å². The van der Waals surface area contributed by atoms with Crippen LogP contribution in [0, 0.1) is 0 Å². The molecule has 10 heteroatoms. The molecule has 2 aromatic carbocycles. The summed E-state index contributed by atoms with van der Waals surface area (Å²) in [5.74, 6) is 0.996. The number of methoxy groups -OCH3 is 1. The van der Waals surface area contributed by atoms with Crippen molar-refractivity contribution >= 4 is 45.9 Å². The molecule has 3 heterocycles. The van der Waals surface area contributed by atoms with Crippen LogP contribution in [0.2, 0.25) is 5.02 Å². The second-order valence-corrected chi connectivity index (χ2v) is 9.39. The fourth-order valence-electron chi connectivity index (χ4n) is 4.39. The number of anilines is 3. The van der Waals surface area contributed by atoms with E-state index in [2.05, 4.69) is 32.1 Å². The lowest BCUT2D eigenvalue weighted by Gasteiger charge is -2.20. The number of fused-ring (bicyclic) bond motifs is 1. The molecular formula is C28H27ClN6O3. The molecule has 1 saturated heterocycles. The molecule has 0 radical (unpaired) electrons. The molecule has 0 bridgehead atoms. The molecule has 0 spiro atoms. The van der Waals surface area contributed by atoms with Gasteiger partial charge in [-0.15, -0.1) is 0 Å². The maximum atomic E-state index is 12.2. The van der Waals surface area contributed by atoms with Crippen LogP contribution < -0.4 is 20.1 Å². The second-order valence-electron chi connectivity index (χ2n) is 8.95. The van der Waals surface area contributed by atoms with Gasteiger partial charge in [0.15, 0.2) is 0 Å². The van der Waals surface area contributed by atoms with Gasteiger partial charge in [-0.1, -0.05) is 30.3 Å². The highest BCUT2D eigenvalue weighted by Crippen LogP contribution is 2.39. The smallest absolute Gasteiger partial charge is 0.247 e. The minimum atomic E-state index is -0.353. The van der Waals surface area contributed by atoms with Gasteiger partial charge in [0, 0.05) is 35.9 Å². The molecule has 1 unspecified atom stereocenters. The molecule has 1 aliphatic heterocycles. The zero-order valence-corrected chi connectivity index (χ0v) is 21.8. The zero-order valence-electron chi connectivity index (χ0n) is 21.1. The van der Waals surface area contributed by atoms with Crippen molar-refractivity contribution in [1.29, 1.82) is 0 Å². The molecule has 1 amide bonds. The highest BCUT2D eigenvalue weighted by Gasteiger charge is 2.24. The van der Waals surface area contributed by atoms with Crippen LogP contribution in [0.1, 0.15) is 6.42 Å². The van der Waals surface area contributed by atoms with Crippen LogP contribution in [0.25, 0.3) is 22.2 Å². The van der Waals surface area contributed by atoms with Gasteiger partial charge in [0.05, 0.1) is 24.7 Å². The van der Waals surface area contributed by atoms with Crippen LogP contribution in [-0.2, 0) is 4.79 Å². The molecule has 9 nitrogen and oxygen atoms in total. The first-order chi connectivity index (χ1) is 18.4. The van der Waals surface area contributed by atoms with Crippen LogP contribution in [-0.4, -0.2) is 59.1 Å². The molecule has 0 aliphatic carbocycles. The van der Waals surface area contributed by atoms with Crippen molar-refractivity contribution < 1.29 is 14.3 Å². The van der Waals surface area contributed by atoms with Crippen molar-refractivity contribution in [3.05, 3.63) is 72.5 Å². The van der Waals surface area contributed by atoms with E-state index in [4.69, 9.17) is 26.1 Å². The third-order valence-corrected chi connectivity index (χ3v) is 6.48. The van der Waals surface area contributed by atoms with Crippen molar-refractivity contribution in [3.63, 3.8) is 0 Å². The molecule has 2 N–H and O–H groups in total. The summed E-state index contributed by atoms with van der Waals surface area (Å²) in [5.41, 5.74) is 4.13. The summed E-state index contributed by atoms with van der Waals surface area (Å²) in [7, 11) is 3.62. The Labute approximate surface area is 225 Å². The Hall–Kier alpha value is -4.21. The number of benzene rings is 2. The van der Waals surface area contributed by atoms with Gasteiger partial charge in [-0.3, -0.25) is 9.78 Å². The van der Waals surface area contributed by atoms with Crippen molar-refractivity contribution in [2.75, 3.05) is 37.9 Å². The molecule has 4 aromatic rings. The lowest BCUT2D eigenvalue weighted by Crippen LogP contribution is -2.22. The fraction of sp³-hybridized carbons (Fsp3) is 0.214. The number of nitrogens with zero attached hydrogens (tertiary/aromatic N) is 4. The van der Waals surface area contributed by atoms with E-state index in [9.17, 15) is 4.79 Å². The summed E-state index contributed by atoms with van der Waals surface area (Å²) in [5, 5.41) is 6.69. The van der Waals surface area contributed by atoms with E-state index in [0.717, 1.165) is 30.6 Å². The number of amides is 1. The van der Waals surface area contributed by atoms with Gasteiger partial charge >= 0.3 is 0 Å². The van der Waals surface area contributed by atoms with E-state index < -0.39 is 0 Å². The number of pyridine rings is 1. The molecular weight excluding hydrogens is 504 g/mol. The standard InChI is InChI=1S/C28H27ClN6O3/c1-4-26(36)32-22-13-21(24(37-3)14-25(22)38-19-9-11-35(2)16-19)33-28-31-15-23-27(34-28)20(8-10-30-23)17-6-5-7-18(29)12-17/h4-8,10,12-15,19H,1,9,11,16H2,2-3H3,(H,32,36)(H,31,33,34). The number of aromatic nitrogens is 3. The summed E-state index contributed by atoms with van der Waals surface area (Å²) >= 11 is 6.23. The lowest BCUT2D eigenvalue weighted by molar-refractivity contribution is -0.111. The van der Waals surface area contributed by atoms with E-state index in [1.807, 2.05) is 37.4 Å². The number of rotatable bonds is 8. The SMILES string of the molecule is C=CC(=O)Nc1cc(Nc2ncc3nccc(-c4cccc(Cl)c4)c3n2)c(OC)cc1OC1CCN(C)C1. The van der Waals surface area contributed by atoms with Crippen LogP contribution in [0.15, 0.2) is 67.5 Å². The van der Waals surface area contributed by atoms with E-state index in [1.165, 1.54) is 6.08 Å². The van der Waals surface area contributed by atoms with Crippen LogP contribution in [0.4, 0.5) is 17.3 Å². The van der Waals surface area contributed by atoms with Crippen LogP contribution in [0.5, 0.6) is 11.5 Å². The van der Waals surface area contributed by atoms with E-state index >= 15 is 0 Å². The fourth-order valence-corrected chi connectivity index (χ4v) is 4.58. The van der Waals surface area contributed by atoms with Gasteiger partial charge in [-0.2, -0.15) is 0 Å². The topological polar surface area (TPSA) is 102 Å². The molecule has 1 fully saturated rings. The first-order valence-corrected chi connectivity index (χ1v) is 12.5. The van der Waals surface area contributed by atoms with Crippen molar-refractivity contribution in [2.24, 2.45) is 0 Å². The Morgan fingerprint density at radius 2 is 2.05 bits per heavy atom. The average molecular weight is 531 g/mol. The average Bonchev–Trinajstić information content (AvgIpc) is 3.33. The molecule has 2 aromatic heterocycles. The highest BCUT2D eigenvalue weighted by atomic mass is 35.5. The summed E-state index contributed by atoms with van der Waals surface area (Å²) < 4.78 is 11.9. The number of ether oxygens (including phenoxy) is 2. The third kappa shape index (κ3) is 5.53. The Balaban J connectivity index is 1.52. The van der Waals surface area contributed by atoms with E-state index in [0.29, 0.717) is 44.9 Å². The summed E-state index contributed by atoms with van der Waals surface area (Å²) in [6.07, 6.45) is 5.47. The number of hydrogen-bond acceptors (Lipinski definition) is 8. The lowest BCUT2D eigenvalue weighted by atomic mass is 10.1. The van der Waals surface area contributed by atoms with Gasteiger partial charge < -0.3 is 25.0 Å². The molecule has 5 rings (SSSR count). The predicted octanol–water partition coefficient (Wildman–Crippen LogP) is 5.30. The summed E-state index contributed by atoms with van der Waals surface area (Å²) in [6.45, 7) is 5.30. The first-order valence-electron chi connectivity index (χ1n) is 12.1. The number of likely N-dealkylation sites (tertiary alicyclic amines) is 1. The van der Waals surface area contributed by atoms with Gasteiger partial charge in [0.1, 0.15) is 28.6 Å². The van der Waals surface area contributed by atoms with Gasteiger partial charge in [0.2, 0.25) is 11.9 Å². The van der Waals surface area contributed by atoms with E-state index in [-0.39, 0.29) is 12.0 Å². The van der Waals surface area contributed by atoms with Crippen molar-refractivity contribution in [1.82, 2.24) is 19.9 Å². The van der Waals surface area contributed by atoms with Gasteiger partial charge in [-0.05, 0) is 49.4 Å². The van der Waals surface area contributed by atoms with Gasteiger partial charge in [-0.25, -0.2) is 9.97 Å². The normalized spacial score (nSPS) is 15.3. The molecule has 0 saturated carbocycles. The predicted molar refractivity (Wildman–Crippen MR) is 149 cm³/mol. The Morgan fingerprint density at radius 3 is 2.79 bits per heavy atom. The third-order valence-electron chi connectivity index (χ3n) is 6.25. The van der Waals surface area contributed by atoms with Crippen LogP contribution in [0.3, 0.4) is 0 Å². The number of carbonyl (C=O) groups is 1. The Morgan fingerprint density at radius 1 is 1.18 bits per heavy atom. The summed E-state index contributed by atoms with van der Waals surface area (Å²) in [6, 6.07) is 12.9. The molecule has 38 heavy (non-hydrogen) atoms.